The van der Waals surface area contributed by atoms with Crippen LogP contribution in [0.15, 0.2) is 6.20 Å². The predicted molar refractivity (Wildman–Crippen MR) is 65.3 cm³/mol. The van der Waals surface area contributed by atoms with Crippen molar-refractivity contribution in [3.63, 3.8) is 0 Å². The molecule has 92 valence electrons. The number of aromatic amines is 1. The van der Waals surface area contributed by atoms with E-state index in [0.717, 1.165) is 13.0 Å². The van der Waals surface area contributed by atoms with E-state index in [4.69, 9.17) is 5.11 Å². The maximum atomic E-state index is 8.82. The summed E-state index contributed by atoms with van der Waals surface area (Å²) in [5, 5.41) is 19.4. The summed E-state index contributed by atoms with van der Waals surface area (Å²) in [5.74, 6) is 0. The third kappa shape index (κ3) is 3.61. The molecule has 0 spiro atoms. The molecule has 0 aliphatic heterocycles. The molecule has 4 nitrogen and oxygen atoms in total. The zero-order valence-corrected chi connectivity index (χ0v) is 10.7. The Morgan fingerprint density at radius 2 is 2.19 bits per heavy atom. The number of nitrogens with zero attached hydrogens (tertiary/aromatic N) is 1. The van der Waals surface area contributed by atoms with E-state index in [9.17, 15) is 0 Å². The summed E-state index contributed by atoms with van der Waals surface area (Å²) in [6, 6.07) is 0.327. The molecule has 0 bridgehead atoms. The second-order valence-electron chi connectivity index (χ2n) is 5.31. The Labute approximate surface area is 97.5 Å². The van der Waals surface area contributed by atoms with Gasteiger partial charge in [-0.25, -0.2) is 0 Å². The largest absolute Gasteiger partial charge is 0.396 e. The Hall–Kier alpha value is -0.870. The lowest BCUT2D eigenvalue weighted by molar-refractivity contribution is 0.268. The number of aromatic nitrogens is 2. The third-order valence-electron chi connectivity index (χ3n) is 2.67. The molecule has 0 aliphatic rings. The molecule has 0 radical (unpaired) electrons. The summed E-state index contributed by atoms with van der Waals surface area (Å²) in [5.41, 5.74) is 2.47. The van der Waals surface area contributed by atoms with Crippen LogP contribution < -0.4 is 5.32 Å². The van der Waals surface area contributed by atoms with E-state index in [2.05, 4.69) is 43.2 Å². The van der Waals surface area contributed by atoms with Gasteiger partial charge in [0.15, 0.2) is 0 Å². The van der Waals surface area contributed by atoms with Crippen molar-refractivity contribution in [3.8, 4) is 0 Å². The number of aliphatic hydroxyl groups is 1. The highest BCUT2D eigenvalue weighted by Crippen LogP contribution is 2.23. The summed E-state index contributed by atoms with van der Waals surface area (Å²) >= 11 is 0. The molecule has 1 rings (SSSR count). The van der Waals surface area contributed by atoms with Crippen LogP contribution in [0.2, 0.25) is 0 Å². The van der Waals surface area contributed by atoms with Crippen LogP contribution in [0.1, 0.15) is 45.4 Å². The highest BCUT2D eigenvalue weighted by Gasteiger charge is 2.19. The van der Waals surface area contributed by atoms with Gasteiger partial charge in [-0.15, -0.1) is 0 Å². The van der Waals surface area contributed by atoms with Gasteiger partial charge < -0.3 is 10.4 Å². The Morgan fingerprint density at radius 1 is 1.50 bits per heavy atom. The fraction of sp³-hybridized carbons (Fsp3) is 0.750. The topological polar surface area (TPSA) is 60.9 Å². The van der Waals surface area contributed by atoms with Gasteiger partial charge in [-0.3, -0.25) is 5.10 Å². The molecule has 16 heavy (non-hydrogen) atoms. The molecule has 0 saturated heterocycles. The Morgan fingerprint density at radius 3 is 2.75 bits per heavy atom. The first-order valence-electron chi connectivity index (χ1n) is 5.82. The SMILES string of the molecule is CC(CCO)NCc1cn[nH]c1C(C)(C)C. The fourth-order valence-corrected chi connectivity index (χ4v) is 1.67. The number of rotatable bonds is 5. The van der Waals surface area contributed by atoms with Gasteiger partial charge in [-0.1, -0.05) is 20.8 Å². The van der Waals surface area contributed by atoms with E-state index in [1.807, 2.05) is 6.20 Å². The van der Waals surface area contributed by atoms with Gasteiger partial charge in [-0.2, -0.15) is 5.10 Å². The van der Waals surface area contributed by atoms with Crippen molar-refractivity contribution in [3.05, 3.63) is 17.5 Å². The third-order valence-corrected chi connectivity index (χ3v) is 2.67. The van der Waals surface area contributed by atoms with Gasteiger partial charge in [0.25, 0.3) is 0 Å². The van der Waals surface area contributed by atoms with Crippen molar-refractivity contribution in [2.75, 3.05) is 6.61 Å². The van der Waals surface area contributed by atoms with Crippen LogP contribution in [0.3, 0.4) is 0 Å². The molecule has 3 N–H and O–H groups in total. The summed E-state index contributed by atoms with van der Waals surface area (Å²) < 4.78 is 0. The van der Waals surface area contributed by atoms with E-state index in [0.29, 0.717) is 6.04 Å². The minimum Gasteiger partial charge on any atom is -0.396 e. The molecular weight excluding hydrogens is 202 g/mol. The van der Waals surface area contributed by atoms with E-state index in [1.54, 1.807) is 0 Å². The lowest BCUT2D eigenvalue weighted by atomic mass is 9.89. The van der Waals surface area contributed by atoms with E-state index in [-0.39, 0.29) is 12.0 Å². The minimum absolute atomic E-state index is 0.0910. The average molecular weight is 225 g/mol. The minimum atomic E-state index is 0.0910. The molecular formula is C12H23N3O. The highest BCUT2D eigenvalue weighted by molar-refractivity contribution is 5.23. The summed E-state index contributed by atoms with van der Waals surface area (Å²) in [6.45, 7) is 9.60. The standard InChI is InChI=1S/C12H23N3O/c1-9(5-6-16)13-7-10-8-14-15-11(10)12(2,3)4/h8-9,13,16H,5-7H2,1-4H3,(H,14,15). The van der Waals surface area contributed by atoms with Crippen LogP contribution >= 0.6 is 0 Å². The molecule has 1 unspecified atom stereocenters. The van der Waals surface area contributed by atoms with Crippen LogP contribution in [0, 0.1) is 0 Å². The molecule has 0 saturated carbocycles. The van der Waals surface area contributed by atoms with Gasteiger partial charge in [0.1, 0.15) is 0 Å². The van der Waals surface area contributed by atoms with Crippen molar-refractivity contribution in [2.45, 2.75) is 52.1 Å². The van der Waals surface area contributed by atoms with Gasteiger partial charge in [0, 0.05) is 35.9 Å². The van der Waals surface area contributed by atoms with E-state index in [1.165, 1.54) is 11.3 Å². The van der Waals surface area contributed by atoms with Crippen molar-refractivity contribution >= 4 is 0 Å². The summed E-state index contributed by atoms with van der Waals surface area (Å²) in [6.07, 6.45) is 2.65. The number of H-pyrrole nitrogens is 1. The van der Waals surface area contributed by atoms with Crippen LogP contribution in [-0.4, -0.2) is 28.0 Å². The van der Waals surface area contributed by atoms with Gasteiger partial charge in [0.05, 0.1) is 6.20 Å². The van der Waals surface area contributed by atoms with Crippen LogP contribution in [0.5, 0.6) is 0 Å². The van der Waals surface area contributed by atoms with Crippen LogP contribution in [0.25, 0.3) is 0 Å². The fourth-order valence-electron chi connectivity index (χ4n) is 1.67. The molecule has 0 fully saturated rings. The molecule has 1 atom stereocenters. The number of aliphatic hydroxyl groups excluding tert-OH is 1. The second kappa shape index (κ2) is 5.46. The zero-order chi connectivity index (χ0) is 12.2. The highest BCUT2D eigenvalue weighted by atomic mass is 16.3. The van der Waals surface area contributed by atoms with E-state index >= 15 is 0 Å². The second-order valence-corrected chi connectivity index (χ2v) is 5.31. The van der Waals surface area contributed by atoms with Gasteiger partial charge in [0.2, 0.25) is 0 Å². The number of hydrogen-bond donors (Lipinski definition) is 3. The van der Waals surface area contributed by atoms with Crippen molar-refractivity contribution in [1.29, 1.82) is 0 Å². The lowest BCUT2D eigenvalue weighted by Gasteiger charge is -2.19. The molecule has 1 heterocycles. The molecule has 1 aromatic heterocycles. The molecule has 0 amide bonds. The molecule has 0 aliphatic carbocycles. The Bertz CT molecular complexity index is 314. The van der Waals surface area contributed by atoms with Gasteiger partial charge in [-0.05, 0) is 13.3 Å². The smallest absolute Gasteiger partial charge is 0.0535 e. The average Bonchev–Trinajstić information content (AvgIpc) is 2.62. The first-order valence-corrected chi connectivity index (χ1v) is 5.82. The first-order chi connectivity index (χ1) is 7.45. The molecule has 4 heteroatoms. The van der Waals surface area contributed by atoms with Crippen molar-refractivity contribution in [2.24, 2.45) is 0 Å². The molecule has 1 aromatic rings. The Kier molecular flexibility index (Phi) is 4.50. The van der Waals surface area contributed by atoms with Crippen molar-refractivity contribution in [1.82, 2.24) is 15.5 Å². The maximum Gasteiger partial charge on any atom is 0.0535 e. The Balaban J connectivity index is 2.58. The first kappa shape index (κ1) is 13.2. The summed E-state index contributed by atoms with van der Waals surface area (Å²) in [4.78, 5) is 0. The lowest BCUT2D eigenvalue weighted by Crippen LogP contribution is -2.27. The van der Waals surface area contributed by atoms with Crippen LogP contribution in [-0.2, 0) is 12.0 Å². The number of nitrogens with one attached hydrogen (secondary N) is 2. The van der Waals surface area contributed by atoms with Gasteiger partial charge >= 0.3 is 0 Å². The van der Waals surface area contributed by atoms with Crippen molar-refractivity contribution < 1.29 is 5.11 Å². The monoisotopic (exact) mass is 225 g/mol. The quantitative estimate of drug-likeness (QED) is 0.713. The van der Waals surface area contributed by atoms with E-state index < -0.39 is 0 Å². The predicted octanol–water partition coefficient (Wildman–Crippen LogP) is 1.57. The van der Waals surface area contributed by atoms with Crippen LogP contribution in [0.4, 0.5) is 0 Å². The normalized spacial score (nSPS) is 14.1. The number of hydrogen-bond acceptors (Lipinski definition) is 3. The summed E-state index contributed by atoms with van der Waals surface area (Å²) in [7, 11) is 0. The molecule has 0 aromatic carbocycles. The maximum absolute atomic E-state index is 8.82. The zero-order valence-electron chi connectivity index (χ0n) is 10.7.